The zero-order valence-corrected chi connectivity index (χ0v) is 23.0. The van der Waals surface area contributed by atoms with Gasteiger partial charge >= 0.3 is 11.9 Å². The number of hydrogen-bond acceptors (Lipinski definition) is 7. The van der Waals surface area contributed by atoms with Crippen molar-refractivity contribution in [2.24, 2.45) is 28.6 Å². The average Bonchev–Trinajstić information content (AvgIpc) is 3.05. The van der Waals surface area contributed by atoms with Gasteiger partial charge in [0.2, 0.25) is 5.78 Å². The number of aliphatic hydroxyl groups is 1. The molecule has 4 aliphatic rings. The van der Waals surface area contributed by atoms with E-state index in [1.807, 2.05) is 26.8 Å². The number of Topliss-reactive ketones (excluding diaryl/α,β-unsaturated/α-hetero) is 1. The van der Waals surface area contributed by atoms with Crippen molar-refractivity contribution in [3.63, 3.8) is 0 Å². The first-order chi connectivity index (χ1) is 16.8. The molecule has 4 rings (SSSR count). The number of carbonyl (C=O) groups excluding carboxylic acids is 4. The van der Waals surface area contributed by atoms with E-state index in [2.05, 4.69) is 0 Å². The summed E-state index contributed by atoms with van der Waals surface area (Å²) >= 11 is 7.48. The number of allylic oxidation sites excluding steroid dienone is 4. The van der Waals surface area contributed by atoms with Crippen LogP contribution < -0.4 is 0 Å². The van der Waals surface area contributed by atoms with Gasteiger partial charge in [0.25, 0.3) is 0 Å². The van der Waals surface area contributed by atoms with Gasteiger partial charge in [0, 0.05) is 29.6 Å². The van der Waals surface area contributed by atoms with Crippen molar-refractivity contribution in [2.45, 2.75) is 89.7 Å². The van der Waals surface area contributed by atoms with Crippen molar-refractivity contribution >= 4 is 35.1 Å². The van der Waals surface area contributed by atoms with Crippen molar-refractivity contribution in [1.82, 2.24) is 0 Å². The summed E-state index contributed by atoms with van der Waals surface area (Å²) in [7, 11) is 0. The maximum Gasteiger partial charge on any atom is 0.306 e. The zero-order chi connectivity index (χ0) is 26.7. The van der Waals surface area contributed by atoms with Gasteiger partial charge in [-0.25, -0.2) is 0 Å². The number of carbonyl (C=O) groups is 4. The molecule has 3 N–H and O–H groups in total. The Hall–Kier alpha value is -2.03. The number of rotatable bonds is 6. The number of alkyl halides is 1. The molecule has 0 amide bonds. The molecule has 0 saturated heterocycles. The monoisotopic (exact) mass is 538 g/mol. The molecule has 3 saturated carbocycles. The highest BCUT2D eigenvalue weighted by molar-refractivity contribution is 6.26. The van der Waals surface area contributed by atoms with E-state index < -0.39 is 51.7 Å². The van der Waals surface area contributed by atoms with Crippen LogP contribution in [0.3, 0.4) is 0 Å². The lowest BCUT2D eigenvalue weighted by atomic mass is 9.45. The number of hydrogen-bond donors (Lipinski definition) is 1. The lowest BCUT2D eigenvalue weighted by Crippen LogP contribution is -2.69. The molecule has 0 aromatic heterocycles. The maximum atomic E-state index is 13.9. The van der Waals surface area contributed by atoms with E-state index in [0.717, 1.165) is 5.57 Å². The predicted octanol–water partition coefficient (Wildman–Crippen LogP) is 3.26. The summed E-state index contributed by atoms with van der Waals surface area (Å²) in [6.45, 7) is 8.61. The Morgan fingerprint density at radius 3 is 2.41 bits per heavy atom. The van der Waals surface area contributed by atoms with Crippen LogP contribution in [0.2, 0.25) is 0 Å². The third-order valence-electron chi connectivity index (χ3n) is 9.81. The third kappa shape index (κ3) is 3.93. The molecule has 4 aliphatic carbocycles. The molecule has 0 spiro atoms. The van der Waals surface area contributed by atoms with Crippen molar-refractivity contribution < 1.29 is 39.2 Å². The number of ketones is 2. The average molecular weight is 539 g/mol. The van der Waals surface area contributed by atoms with E-state index in [4.69, 9.17) is 21.1 Å². The van der Waals surface area contributed by atoms with E-state index in [-0.39, 0.29) is 48.3 Å². The molecule has 0 bridgehead atoms. The molecule has 0 aliphatic heterocycles. The van der Waals surface area contributed by atoms with Gasteiger partial charge in [-0.05, 0) is 49.7 Å². The van der Waals surface area contributed by atoms with Gasteiger partial charge in [0.15, 0.2) is 18.0 Å². The highest BCUT2D eigenvalue weighted by Gasteiger charge is 2.76. The topological polar surface area (TPSA) is 138 Å². The minimum absolute atomic E-state index is 0. The van der Waals surface area contributed by atoms with Gasteiger partial charge in [-0.1, -0.05) is 46.3 Å². The molecule has 0 aromatic carbocycles. The fourth-order valence-corrected chi connectivity index (χ4v) is 8.53. The van der Waals surface area contributed by atoms with Crippen molar-refractivity contribution in [3.8, 4) is 0 Å². The van der Waals surface area contributed by atoms with Crippen LogP contribution in [-0.4, -0.2) is 57.3 Å². The van der Waals surface area contributed by atoms with Crippen molar-refractivity contribution in [3.05, 3.63) is 23.8 Å². The highest BCUT2D eigenvalue weighted by Crippen LogP contribution is 2.72. The Kier molecular flexibility index (Phi) is 7.93. The first-order valence-corrected chi connectivity index (χ1v) is 13.4. The van der Waals surface area contributed by atoms with Crippen molar-refractivity contribution in [1.29, 1.82) is 0 Å². The predicted molar refractivity (Wildman–Crippen MR) is 137 cm³/mol. The lowest BCUT2D eigenvalue weighted by Gasteiger charge is -2.64. The van der Waals surface area contributed by atoms with Crippen molar-refractivity contribution in [2.75, 3.05) is 6.61 Å². The fourth-order valence-electron chi connectivity index (χ4n) is 8.01. The Bertz CT molecular complexity index is 1050. The van der Waals surface area contributed by atoms with Gasteiger partial charge in [-0.15, -0.1) is 11.6 Å². The number of fused-ring (bicyclic) bond motifs is 5. The van der Waals surface area contributed by atoms with Crippen LogP contribution in [-0.2, 0) is 28.7 Å². The molecule has 37 heavy (non-hydrogen) atoms. The molecule has 8 atom stereocenters. The molecule has 8 unspecified atom stereocenters. The number of aliphatic hydroxyl groups excluding tert-OH is 1. The minimum Gasteiger partial charge on any atom is -0.457 e. The van der Waals surface area contributed by atoms with E-state index in [1.54, 1.807) is 19.9 Å². The molecule has 0 heterocycles. The Labute approximate surface area is 223 Å². The summed E-state index contributed by atoms with van der Waals surface area (Å²) in [5, 5.41) is 11.8. The summed E-state index contributed by atoms with van der Waals surface area (Å²) in [6, 6.07) is 0. The van der Waals surface area contributed by atoms with Crippen LogP contribution in [0.4, 0.5) is 0 Å². The van der Waals surface area contributed by atoms with E-state index in [9.17, 15) is 24.3 Å². The van der Waals surface area contributed by atoms with E-state index in [1.165, 1.54) is 6.08 Å². The Balaban J connectivity index is 0.00000380. The molecule has 8 nitrogen and oxygen atoms in total. The first-order valence-electron chi connectivity index (χ1n) is 13.0. The van der Waals surface area contributed by atoms with Crippen LogP contribution in [0.5, 0.6) is 0 Å². The van der Waals surface area contributed by atoms with Crippen LogP contribution in [0, 0.1) is 28.6 Å². The number of esters is 2. The SMILES string of the molecule is CCC(=O)OCC(=O)C1(OC(=O)CC)C(C)CC2C3CCC4=CC(=O)C=CC4(C)C3(Cl)C(O)CC21C.O. The summed E-state index contributed by atoms with van der Waals surface area (Å²) in [5.74, 6) is -2.24. The molecule has 9 heteroatoms. The summed E-state index contributed by atoms with van der Waals surface area (Å²) in [4.78, 5) is 49.5. The smallest absolute Gasteiger partial charge is 0.306 e. The molecule has 3 fully saturated rings. The lowest BCUT2D eigenvalue weighted by molar-refractivity contribution is -0.203. The molecular weight excluding hydrogens is 500 g/mol. The van der Waals surface area contributed by atoms with Gasteiger partial charge in [0.05, 0.1) is 11.0 Å². The molecule has 206 valence electrons. The second-order valence-corrected chi connectivity index (χ2v) is 12.0. The summed E-state index contributed by atoms with van der Waals surface area (Å²) < 4.78 is 11.3. The van der Waals surface area contributed by atoms with E-state index in [0.29, 0.717) is 19.3 Å². The second kappa shape index (κ2) is 9.93. The Morgan fingerprint density at radius 1 is 1.14 bits per heavy atom. The number of ether oxygens (including phenoxy) is 2. The second-order valence-electron chi connectivity index (χ2n) is 11.4. The highest BCUT2D eigenvalue weighted by atomic mass is 35.5. The fraction of sp³-hybridized carbons (Fsp3) is 0.714. The van der Waals surface area contributed by atoms with E-state index >= 15 is 0 Å². The van der Waals surface area contributed by atoms with Gasteiger partial charge in [-0.2, -0.15) is 0 Å². The third-order valence-corrected chi connectivity index (χ3v) is 10.7. The molecular formula is C28H39ClO8. The first kappa shape index (κ1) is 29.5. The van der Waals surface area contributed by atoms with Gasteiger partial charge in [0.1, 0.15) is 0 Å². The van der Waals surface area contributed by atoms with Gasteiger partial charge < -0.3 is 20.1 Å². The van der Waals surface area contributed by atoms with Crippen LogP contribution in [0.15, 0.2) is 23.8 Å². The van der Waals surface area contributed by atoms with Crippen LogP contribution in [0.1, 0.15) is 73.1 Å². The zero-order valence-electron chi connectivity index (χ0n) is 22.3. The minimum atomic E-state index is -1.55. The quantitative estimate of drug-likeness (QED) is 0.404. The largest absolute Gasteiger partial charge is 0.457 e. The van der Waals surface area contributed by atoms with Gasteiger partial charge in [-0.3, -0.25) is 19.2 Å². The normalized spacial score (nSPS) is 41.9. The molecule has 0 radical (unpaired) electrons. The van der Waals surface area contributed by atoms with Crippen LogP contribution >= 0.6 is 11.6 Å². The molecule has 0 aromatic rings. The summed E-state index contributed by atoms with van der Waals surface area (Å²) in [5.41, 5.74) is -2.27. The van der Waals surface area contributed by atoms with Crippen LogP contribution in [0.25, 0.3) is 0 Å². The Morgan fingerprint density at radius 2 is 1.78 bits per heavy atom. The number of halogens is 1. The maximum absolute atomic E-state index is 13.9. The standard InChI is InChI=1S/C28H37ClO7.H2O/c1-6-23(33)35-15-22(32)28(36-24(34)7-2)16(3)12-20-19-9-8-17-13-18(30)10-11-25(17,4)27(19,29)21(31)14-26(20,28)5;/h10-11,13,16,19-21,31H,6-9,12,14-15H2,1-5H3;1H2. The summed E-state index contributed by atoms with van der Waals surface area (Å²) in [6.07, 6.45) is 6.18.